The second-order valence-electron chi connectivity index (χ2n) is 5.98. The molecule has 5 heteroatoms. The van der Waals surface area contributed by atoms with E-state index in [0.29, 0.717) is 17.8 Å². The summed E-state index contributed by atoms with van der Waals surface area (Å²) in [6.45, 7) is 3.68. The Bertz CT molecular complexity index is 815. The number of hydrogen-bond acceptors (Lipinski definition) is 2. The van der Waals surface area contributed by atoms with E-state index in [1.165, 1.54) is 0 Å². The predicted octanol–water partition coefficient (Wildman–Crippen LogP) is 4.86. The number of aryl methyl sites for hydroxylation is 1. The average molecular weight is 330 g/mol. The van der Waals surface area contributed by atoms with Crippen molar-refractivity contribution in [2.24, 2.45) is 5.10 Å². The minimum absolute atomic E-state index is 0.183. The first-order valence-corrected chi connectivity index (χ1v) is 7.58. The highest BCUT2D eigenvalue weighted by molar-refractivity contribution is 6.01. The maximum absolute atomic E-state index is 14.3. The number of nitrogens with zero attached hydrogens (tertiary/aromatic N) is 2. The molecule has 1 atom stereocenters. The zero-order valence-electron chi connectivity index (χ0n) is 13.6. The number of allylic oxidation sites excluding steroid dienone is 1. The minimum Gasteiger partial charge on any atom is -0.276 e. The zero-order chi connectivity index (χ0) is 17.4. The quantitative estimate of drug-likeness (QED) is 0.768. The minimum atomic E-state index is -0.933. The van der Waals surface area contributed by atoms with E-state index in [1.54, 1.807) is 25.2 Å². The Kier molecular flexibility index (Phi) is 4.18. The van der Waals surface area contributed by atoms with E-state index in [2.05, 4.69) is 5.10 Å². The van der Waals surface area contributed by atoms with Crippen molar-refractivity contribution in [2.45, 2.75) is 19.8 Å². The van der Waals surface area contributed by atoms with Gasteiger partial charge in [0.05, 0.1) is 5.92 Å². The van der Waals surface area contributed by atoms with E-state index in [0.717, 1.165) is 16.7 Å². The van der Waals surface area contributed by atoms with Crippen molar-refractivity contribution in [3.05, 3.63) is 76.7 Å². The van der Waals surface area contributed by atoms with Crippen LogP contribution in [0.25, 0.3) is 5.57 Å². The van der Waals surface area contributed by atoms with Gasteiger partial charge in [-0.1, -0.05) is 29.8 Å². The Hall–Kier alpha value is -2.56. The van der Waals surface area contributed by atoms with Gasteiger partial charge >= 0.3 is 0 Å². The van der Waals surface area contributed by atoms with Crippen LogP contribution in [0.4, 0.5) is 13.2 Å². The maximum atomic E-state index is 14.3. The van der Waals surface area contributed by atoms with Crippen LogP contribution in [0.1, 0.15) is 29.5 Å². The molecule has 1 aliphatic rings. The molecule has 0 fully saturated rings. The van der Waals surface area contributed by atoms with Crippen LogP contribution in [0.3, 0.4) is 0 Å². The molecule has 0 aliphatic carbocycles. The number of rotatable bonds is 2. The van der Waals surface area contributed by atoms with Crippen molar-refractivity contribution >= 4 is 11.3 Å². The van der Waals surface area contributed by atoms with Gasteiger partial charge in [0, 0.05) is 36.7 Å². The predicted molar refractivity (Wildman–Crippen MR) is 89.1 cm³/mol. The van der Waals surface area contributed by atoms with Crippen molar-refractivity contribution in [3.8, 4) is 0 Å². The molecule has 2 nitrogen and oxygen atoms in total. The molecule has 0 saturated carbocycles. The molecule has 0 radical (unpaired) electrons. The third-order valence-electron chi connectivity index (χ3n) is 4.09. The molecule has 0 spiro atoms. The van der Waals surface area contributed by atoms with Crippen LogP contribution in [-0.4, -0.2) is 17.8 Å². The van der Waals surface area contributed by atoms with Gasteiger partial charge in [0.1, 0.15) is 17.5 Å². The van der Waals surface area contributed by atoms with Crippen molar-refractivity contribution in [2.75, 3.05) is 7.05 Å². The average Bonchev–Trinajstić information content (AvgIpc) is 2.49. The number of hydrazone groups is 1. The molecular formula is C19H17F3N2. The highest BCUT2D eigenvalue weighted by Gasteiger charge is 2.30. The molecule has 0 N–H and O–H groups in total. The van der Waals surface area contributed by atoms with Gasteiger partial charge in [-0.2, -0.15) is 5.10 Å². The third kappa shape index (κ3) is 2.94. The van der Waals surface area contributed by atoms with Crippen LogP contribution in [-0.2, 0) is 0 Å². The lowest BCUT2D eigenvalue weighted by Gasteiger charge is -2.28. The summed E-state index contributed by atoms with van der Waals surface area (Å²) in [5.41, 5.74) is 3.01. The van der Waals surface area contributed by atoms with Crippen LogP contribution >= 0.6 is 0 Å². The molecular weight excluding hydrogens is 313 g/mol. The Labute approximate surface area is 138 Å². The molecule has 124 valence electrons. The molecule has 1 unspecified atom stereocenters. The van der Waals surface area contributed by atoms with E-state index in [-0.39, 0.29) is 5.56 Å². The molecule has 2 aromatic carbocycles. The molecule has 1 heterocycles. The Balaban J connectivity index is 2.18. The Morgan fingerprint density at radius 1 is 0.958 bits per heavy atom. The molecule has 1 aliphatic heterocycles. The summed E-state index contributed by atoms with van der Waals surface area (Å²) in [4.78, 5) is 0. The fraction of sp³-hybridized carbons (Fsp3) is 0.211. The van der Waals surface area contributed by atoms with Gasteiger partial charge in [0.2, 0.25) is 0 Å². The summed E-state index contributed by atoms with van der Waals surface area (Å²) in [7, 11) is 1.76. The van der Waals surface area contributed by atoms with Crippen LogP contribution in [0.15, 0.2) is 47.7 Å². The van der Waals surface area contributed by atoms with E-state index in [9.17, 15) is 13.2 Å². The number of benzene rings is 2. The summed E-state index contributed by atoms with van der Waals surface area (Å²) in [5.74, 6) is -3.45. The monoisotopic (exact) mass is 330 g/mol. The van der Waals surface area contributed by atoms with Gasteiger partial charge in [0.15, 0.2) is 0 Å². The van der Waals surface area contributed by atoms with E-state index in [4.69, 9.17) is 0 Å². The number of halogens is 3. The number of hydrogen-bond donors (Lipinski definition) is 0. The Morgan fingerprint density at radius 2 is 1.54 bits per heavy atom. The first kappa shape index (κ1) is 16.3. The molecule has 2 aromatic rings. The first-order chi connectivity index (χ1) is 11.4. The normalized spacial score (nSPS) is 17.6. The van der Waals surface area contributed by atoms with Crippen LogP contribution in [0.2, 0.25) is 0 Å². The summed E-state index contributed by atoms with van der Waals surface area (Å²) in [6, 6.07) is 9.09. The fourth-order valence-electron chi connectivity index (χ4n) is 3.02. The van der Waals surface area contributed by atoms with Gasteiger partial charge in [-0.05, 0) is 25.0 Å². The largest absolute Gasteiger partial charge is 0.276 e. The van der Waals surface area contributed by atoms with E-state index >= 15 is 0 Å². The molecule has 0 bridgehead atoms. The van der Waals surface area contributed by atoms with Gasteiger partial charge in [-0.3, -0.25) is 5.01 Å². The van der Waals surface area contributed by atoms with Gasteiger partial charge in [-0.25, -0.2) is 13.2 Å². The van der Waals surface area contributed by atoms with Crippen molar-refractivity contribution in [1.82, 2.24) is 5.01 Å². The van der Waals surface area contributed by atoms with E-state index < -0.39 is 23.4 Å². The smallest absolute Gasteiger partial charge is 0.133 e. The summed E-state index contributed by atoms with van der Waals surface area (Å²) in [6.07, 6.45) is 1.74. The van der Waals surface area contributed by atoms with Gasteiger partial charge in [-0.15, -0.1) is 0 Å². The second kappa shape index (κ2) is 6.15. The lowest BCUT2D eigenvalue weighted by atomic mass is 9.82. The van der Waals surface area contributed by atoms with Crippen LogP contribution in [0.5, 0.6) is 0 Å². The lowest BCUT2D eigenvalue weighted by molar-refractivity contribution is 0.475. The molecule has 3 rings (SSSR count). The standard InChI is InChI=1S/C19H17F3N2/c1-11-4-6-13(7-5-11)15-10-24(3)23-12(2)18(15)19-16(21)8-14(20)9-17(19)22/h4-10,18H,1-3H3. The van der Waals surface area contributed by atoms with Crippen molar-refractivity contribution < 1.29 is 13.2 Å². The topological polar surface area (TPSA) is 15.6 Å². The van der Waals surface area contributed by atoms with Crippen molar-refractivity contribution in [3.63, 3.8) is 0 Å². The summed E-state index contributed by atoms with van der Waals surface area (Å²) in [5, 5.41) is 5.90. The maximum Gasteiger partial charge on any atom is 0.133 e. The summed E-state index contributed by atoms with van der Waals surface area (Å²) >= 11 is 0. The Morgan fingerprint density at radius 3 is 2.12 bits per heavy atom. The highest BCUT2D eigenvalue weighted by atomic mass is 19.1. The molecule has 24 heavy (non-hydrogen) atoms. The molecule has 0 amide bonds. The zero-order valence-corrected chi connectivity index (χ0v) is 13.6. The van der Waals surface area contributed by atoms with Crippen molar-refractivity contribution in [1.29, 1.82) is 0 Å². The second-order valence-corrected chi connectivity index (χ2v) is 5.98. The SMILES string of the molecule is CC1=NN(C)C=C(c2ccc(C)cc2)C1c1c(F)cc(F)cc1F. The van der Waals surface area contributed by atoms with Gasteiger partial charge < -0.3 is 0 Å². The van der Waals surface area contributed by atoms with Crippen LogP contribution < -0.4 is 0 Å². The molecule has 0 saturated heterocycles. The lowest BCUT2D eigenvalue weighted by Crippen LogP contribution is -2.23. The fourth-order valence-corrected chi connectivity index (χ4v) is 3.02. The molecule has 0 aromatic heterocycles. The summed E-state index contributed by atoms with van der Waals surface area (Å²) < 4.78 is 42.0. The van der Waals surface area contributed by atoms with Crippen LogP contribution in [0, 0.1) is 24.4 Å². The highest BCUT2D eigenvalue weighted by Crippen LogP contribution is 2.39. The van der Waals surface area contributed by atoms with E-state index in [1.807, 2.05) is 31.2 Å². The first-order valence-electron chi connectivity index (χ1n) is 7.58. The third-order valence-corrected chi connectivity index (χ3v) is 4.09. The van der Waals surface area contributed by atoms with Gasteiger partial charge in [0.25, 0.3) is 0 Å².